The first-order valence-corrected chi connectivity index (χ1v) is 11.9. The zero-order valence-corrected chi connectivity index (χ0v) is 19.4. The third-order valence-electron chi connectivity index (χ3n) is 6.58. The summed E-state index contributed by atoms with van der Waals surface area (Å²) in [4.78, 5) is 31.3. The van der Waals surface area contributed by atoms with Gasteiger partial charge in [-0.2, -0.15) is 0 Å². The number of benzene rings is 2. The lowest BCUT2D eigenvalue weighted by Gasteiger charge is -2.35. The van der Waals surface area contributed by atoms with Gasteiger partial charge in [0, 0.05) is 56.0 Å². The maximum atomic E-state index is 13.0. The topological polar surface area (TPSA) is 82.8 Å². The molecule has 2 fully saturated rings. The predicted molar refractivity (Wildman–Crippen MR) is 128 cm³/mol. The van der Waals surface area contributed by atoms with Crippen LogP contribution in [0.25, 0.3) is 22.9 Å². The lowest BCUT2D eigenvalue weighted by molar-refractivity contribution is -0.131. The van der Waals surface area contributed by atoms with Crippen molar-refractivity contribution in [3.05, 3.63) is 59.7 Å². The number of hydrogen-bond donors (Lipinski definition) is 0. The van der Waals surface area contributed by atoms with Crippen LogP contribution in [0.4, 0.5) is 0 Å². The third kappa shape index (κ3) is 4.87. The Balaban J connectivity index is 1.17. The summed E-state index contributed by atoms with van der Waals surface area (Å²) in [7, 11) is 0. The molecule has 2 aliphatic heterocycles. The van der Waals surface area contributed by atoms with E-state index in [9.17, 15) is 9.59 Å². The fraction of sp³-hybridized carbons (Fsp3) is 0.385. The summed E-state index contributed by atoms with van der Waals surface area (Å²) in [6.45, 7) is 6.91. The quantitative estimate of drug-likeness (QED) is 0.583. The molecule has 3 aromatic rings. The normalized spacial score (nSPS) is 16.7. The first-order chi connectivity index (χ1) is 16.6. The molecule has 3 heterocycles. The minimum Gasteiger partial charge on any atom is -0.416 e. The van der Waals surface area contributed by atoms with Crippen molar-refractivity contribution in [1.29, 1.82) is 0 Å². The van der Waals surface area contributed by atoms with Crippen LogP contribution in [0, 0.1) is 6.92 Å². The van der Waals surface area contributed by atoms with Gasteiger partial charge in [-0.15, -0.1) is 10.2 Å². The van der Waals surface area contributed by atoms with Crippen molar-refractivity contribution < 1.29 is 14.0 Å². The number of aryl methyl sites for hydroxylation is 1. The smallest absolute Gasteiger partial charge is 0.253 e. The molecule has 5 rings (SSSR count). The van der Waals surface area contributed by atoms with Crippen LogP contribution in [0.2, 0.25) is 0 Å². The van der Waals surface area contributed by atoms with E-state index >= 15 is 0 Å². The Morgan fingerprint density at radius 1 is 0.765 bits per heavy atom. The fourth-order valence-corrected chi connectivity index (χ4v) is 4.46. The SMILES string of the molecule is Cc1ccc(-c2nnc(-c3ccc(C(=O)N4CCN(CC(=O)N5CCCC5)CC4)cc3)o2)cc1. The van der Waals surface area contributed by atoms with Gasteiger partial charge in [0.2, 0.25) is 17.7 Å². The lowest BCUT2D eigenvalue weighted by atomic mass is 10.1. The molecule has 8 heteroatoms. The highest BCUT2D eigenvalue weighted by atomic mass is 16.4. The van der Waals surface area contributed by atoms with Crippen molar-refractivity contribution >= 4 is 11.8 Å². The summed E-state index contributed by atoms with van der Waals surface area (Å²) in [6.07, 6.45) is 2.21. The van der Waals surface area contributed by atoms with Crippen LogP contribution >= 0.6 is 0 Å². The number of carbonyl (C=O) groups is 2. The first-order valence-electron chi connectivity index (χ1n) is 11.9. The van der Waals surface area contributed by atoms with Gasteiger partial charge in [-0.3, -0.25) is 14.5 Å². The second kappa shape index (κ2) is 9.77. The molecule has 0 bridgehead atoms. The highest BCUT2D eigenvalue weighted by molar-refractivity contribution is 5.94. The Labute approximate surface area is 199 Å². The van der Waals surface area contributed by atoms with E-state index in [1.54, 1.807) is 12.1 Å². The highest BCUT2D eigenvalue weighted by Crippen LogP contribution is 2.24. The zero-order valence-electron chi connectivity index (χ0n) is 19.4. The minimum atomic E-state index is 0.00272. The molecule has 1 aromatic heterocycles. The Bertz CT molecular complexity index is 1140. The number of hydrogen-bond acceptors (Lipinski definition) is 6. The second-order valence-electron chi connectivity index (χ2n) is 9.01. The van der Waals surface area contributed by atoms with Crippen LogP contribution in [0.15, 0.2) is 52.9 Å². The summed E-state index contributed by atoms with van der Waals surface area (Å²) in [5.41, 5.74) is 3.44. The van der Waals surface area contributed by atoms with Crippen molar-refractivity contribution in [3.8, 4) is 22.9 Å². The molecule has 34 heavy (non-hydrogen) atoms. The van der Waals surface area contributed by atoms with Gasteiger partial charge >= 0.3 is 0 Å². The number of carbonyl (C=O) groups excluding carboxylic acids is 2. The van der Waals surface area contributed by atoms with Crippen LogP contribution in [0.5, 0.6) is 0 Å². The van der Waals surface area contributed by atoms with Crippen LogP contribution in [0.3, 0.4) is 0 Å². The van der Waals surface area contributed by atoms with Crippen molar-refractivity contribution in [2.24, 2.45) is 0 Å². The maximum absolute atomic E-state index is 13.0. The van der Waals surface area contributed by atoms with Crippen molar-refractivity contribution in [1.82, 2.24) is 24.9 Å². The standard InChI is InChI=1S/C26H29N5O3/c1-19-4-6-20(7-5-19)24-27-28-25(34-24)21-8-10-22(11-9-21)26(33)31-16-14-29(15-17-31)18-23(32)30-12-2-3-13-30/h4-11H,2-3,12-18H2,1H3. The monoisotopic (exact) mass is 459 g/mol. The summed E-state index contributed by atoms with van der Waals surface area (Å²) in [5, 5.41) is 8.31. The molecule has 2 saturated heterocycles. The van der Waals surface area contributed by atoms with E-state index in [1.807, 2.05) is 53.1 Å². The number of amides is 2. The number of aromatic nitrogens is 2. The van der Waals surface area contributed by atoms with E-state index in [-0.39, 0.29) is 11.8 Å². The van der Waals surface area contributed by atoms with Gasteiger partial charge in [-0.25, -0.2) is 0 Å². The van der Waals surface area contributed by atoms with E-state index < -0.39 is 0 Å². The molecule has 2 aliphatic rings. The Kier molecular flexibility index (Phi) is 6.40. The van der Waals surface area contributed by atoms with Gasteiger partial charge in [0.05, 0.1) is 6.54 Å². The van der Waals surface area contributed by atoms with Crippen LogP contribution in [0.1, 0.15) is 28.8 Å². The molecule has 0 N–H and O–H groups in total. The molecule has 0 aliphatic carbocycles. The average molecular weight is 460 g/mol. The minimum absolute atomic E-state index is 0.00272. The molecule has 8 nitrogen and oxygen atoms in total. The highest BCUT2D eigenvalue weighted by Gasteiger charge is 2.26. The van der Waals surface area contributed by atoms with Crippen molar-refractivity contribution in [2.45, 2.75) is 19.8 Å². The average Bonchev–Trinajstić information content (AvgIpc) is 3.58. The largest absolute Gasteiger partial charge is 0.416 e. The summed E-state index contributed by atoms with van der Waals surface area (Å²) in [5.74, 6) is 1.10. The van der Waals surface area contributed by atoms with Gasteiger partial charge < -0.3 is 14.2 Å². The molecule has 2 aromatic carbocycles. The van der Waals surface area contributed by atoms with E-state index in [2.05, 4.69) is 15.1 Å². The first kappa shape index (κ1) is 22.3. The fourth-order valence-electron chi connectivity index (χ4n) is 4.46. The Morgan fingerprint density at radius 3 is 1.91 bits per heavy atom. The van der Waals surface area contributed by atoms with E-state index in [0.29, 0.717) is 50.1 Å². The molecular formula is C26H29N5O3. The van der Waals surface area contributed by atoms with Crippen LogP contribution < -0.4 is 0 Å². The number of rotatable bonds is 5. The van der Waals surface area contributed by atoms with Gasteiger partial charge in [0.15, 0.2) is 0 Å². The number of likely N-dealkylation sites (tertiary alicyclic amines) is 1. The van der Waals surface area contributed by atoms with Gasteiger partial charge in [0.1, 0.15) is 0 Å². The van der Waals surface area contributed by atoms with E-state index in [1.165, 1.54) is 5.56 Å². The molecule has 0 spiro atoms. The molecule has 0 atom stereocenters. The molecule has 0 saturated carbocycles. The lowest BCUT2D eigenvalue weighted by Crippen LogP contribution is -2.51. The van der Waals surface area contributed by atoms with Crippen molar-refractivity contribution in [2.75, 3.05) is 45.8 Å². The maximum Gasteiger partial charge on any atom is 0.253 e. The molecule has 176 valence electrons. The van der Waals surface area contributed by atoms with Crippen molar-refractivity contribution in [3.63, 3.8) is 0 Å². The molecular weight excluding hydrogens is 430 g/mol. The number of nitrogens with zero attached hydrogens (tertiary/aromatic N) is 5. The predicted octanol–water partition coefficient (Wildman–Crippen LogP) is 3.09. The van der Waals surface area contributed by atoms with Crippen LogP contribution in [-0.2, 0) is 4.79 Å². The third-order valence-corrected chi connectivity index (χ3v) is 6.58. The van der Waals surface area contributed by atoms with Gasteiger partial charge in [-0.1, -0.05) is 17.7 Å². The van der Waals surface area contributed by atoms with E-state index in [4.69, 9.17) is 4.42 Å². The summed E-state index contributed by atoms with van der Waals surface area (Å²) < 4.78 is 5.84. The zero-order chi connectivity index (χ0) is 23.5. The summed E-state index contributed by atoms with van der Waals surface area (Å²) in [6, 6.07) is 15.2. The molecule has 2 amide bonds. The van der Waals surface area contributed by atoms with E-state index in [0.717, 1.165) is 37.1 Å². The molecule has 0 radical (unpaired) electrons. The summed E-state index contributed by atoms with van der Waals surface area (Å²) >= 11 is 0. The Hall–Kier alpha value is -3.52. The van der Waals surface area contributed by atoms with Gasteiger partial charge in [-0.05, 0) is 56.2 Å². The number of piperazine rings is 1. The van der Waals surface area contributed by atoms with Crippen LogP contribution in [-0.4, -0.2) is 82.5 Å². The van der Waals surface area contributed by atoms with Gasteiger partial charge in [0.25, 0.3) is 5.91 Å². The second-order valence-corrected chi connectivity index (χ2v) is 9.01. The Morgan fingerprint density at radius 2 is 1.32 bits per heavy atom. The molecule has 0 unspecified atom stereocenters.